The van der Waals surface area contributed by atoms with Crippen molar-refractivity contribution in [1.82, 2.24) is 9.47 Å². The van der Waals surface area contributed by atoms with Crippen LogP contribution in [0.25, 0.3) is 10.8 Å². The van der Waals surface area contributed by atoms with Crippen LogP contribution in [0.1, 0.15) is 46.1 Å². The number of Topliss-reactive ketones (excluding diaryl/α,β-unsaturated/α-hetero) is 2. The highest BCUT2D eigenvalue weighted by atomic mass is 16.6. The standard InChI is InChI=1S/C24H29N3O5/c1-24(2,3)32-23(31)26-12-10-25(11-13-26)17-4-6-19-16(14-17)8-9-27(22(19)30)20-7-5-18(28)15-21(20)29/h4,6,8-9,14,20H,5,7,10-13,15H2,1-3H3. The predicted octanol–water partition coefficient (Wildman–Crippen LogP) is 2.92. The maximum Gasteiger partial charge on any atom is 0.410 e. The first kappa shape index (κ1) is 22.0. The lowest BCUT2D eigenvalue weighted by atomic mass is 9.92. The average molecular weight is 440 g/mol. The Morgan fingerprint density at radius 3 is 2.41 bits per heavy atom. The number of carbonyl (C=O) groups excluding carboxylic acids is 3. The highest BCUT2D eigenvalue weighted by molar-refractivity contribution is 6.03. The lowest BCUT2D eigenvalue weighted by Gasteiger charge is -2.36. The Labute approximate surface area is 186 Å². The third-order valence-corrected chi connectivity index (χ3v) is 5.99. The van der Waals surface area contributed by atoms with E-state index in [9.17, 15) is 19.2 Å². The van der Waals surface area contributed by atoms with Crippen LogP contribution in [0.2, 0.25) is 0 Å². The molecule has 2 aromatic rings. The summed E-state index contributed by atoms with van der Waals surface area (Å²) < 4.78 is 6.92. The molecule has 1 aromatic carbocycles. The highest BCUT2D eigenvalue weighted by Gasteiger charge is 2.29. The maximum atomic E-state index is 13.0. The molecular formula is C24H29N3O5. The second-order valence-electron chi connectivity index (χ2n) is 9.49. The number of ketones is 2. The van der Waals surface area contributed by atoms with Gasteiger partial charge in [-0.05, 0) is 56.8 Å². The van der Waals surface area contributed by atoms with Crippen LogP contribution in [0.5, 0.6) is 0 Å². The molecule has 0 radical (unpaired) electrons. The fourth-order valence-corrected chi connectivity index (χ4v) is 4.32. The summed E-state index contributed by atoms with van der Waals surface area (Å²) >= 11 is 0. The molecule has 1 atom stereocenters. The van der Waals surface area contributed by atoms with Gasteiger partial charge in [-0.15, -0.1) is 0 Å². The van der Waals surface area contributed by atoms with E-state index in [2.05, 4.69) is 4.90 Å². The van der Waals surface area contributed by atoms with E-state index in [-0.39, 0.29) is 29.6 Å². The van der Waals surface area contributed by atoms with Crippen LogP contribution in [0.4, 0.5) is 10.5 Å². The zero-order valence-electron chi connectivity index (χ0n) is 18.8. The highest BCUT2D eigenvalue weighted by Crippen LogP contribution is 2.25. The normalized spacial score (nSPS) is 20.0. The van der Waals surface area contributed by atoms with Gasteiger partial charge in [0.2, 0.25) is 0 Å². The van der Waals surface area contributed by atoms with E-state index >= 15 is 0 Å². The molecule has 32 heavy (non-hydrogen) atoms. The molecule has 0 bridgehead atoms. The molecule has 2 aliphatic rings. The summed E-state index contributed by atoms with van der Waals surface area (Å²) in [5, 5.41) is 1.35. The van der Waals surface area contributed by atoms with Crippen molar-refractivity contribution in [2.75, 3.05) is 31.1 Å². The first-order valence-corrected chi connectivity index (χ1v) is 11.0. The van der Waals surface area contributed by atoms with E-state index in [0.29, 0.717) is 44.4 Å². The van der Waals surface area contributed by atoms with Crippen molar-refractivity contribution < 1.29 is 19.1 Å². The Morgan fingerprint density at radius 2 is 1.75 bits per heavy atom. The number of pyridine rings is 1. The molecular weight excluding hydrogens is 410 g/mol. The minimum Gasteiger partial charge on any atom is -0.444 e. The van der Waals surface area contributed by atoms with E-state index in [0.717, 1.165) is 11.1 Å². The first-order chi connectivity index (χ1) is 15.1. The molecule has 1 saturated heterocycles. The Hall–Kier alpha value is -3.16. The smallest absolute Gasteiger partial charge is 0.410 e. The van der Waals surface area contributed by atoms with E-state index < -0.39 is 11.6 Å². The maximum absolute atomic E-state index is 13.0. The fraction of sp³-hybridized carbons (Fsp3) is 0.500. The zero-order chi connectivity index (χ0) is 23.0. The van der Waals surface area contributed by atoms with Gasteiger partial charge in [-0.1, -0.05) is 0 Å². The van der Waals surface area contributed by atoms with Crippen molar-refractivity contribution in [3.8, 4) is 0 Å². The minimum absolute atomic E-state index is 0.0588. The lowest BCUT2D eigenvalue weighted by Crippen LogP contribution is -2.50. The number of piperazine rings is 1. The number of nitrogens with zero attached hydrogens (tertiary/aromatic N) is 3. The molecule has 1 aromatic heterocycles. The van der Waals surface area contributed by atoms with Crippen molar-refractivity contribution in [3.05, 3.63) is 40.8 Å². The van der Waals surface area contributed by atoms with E-state index in [1.807, 2.05) is 39.0 Å². The van der Waals surface area contributed by atoms with Gasteiger partial charge in [-0.2, -0.15) is 0 Å². The Bertz CT molecular complexity index is 1120. The quantitative estimate of drug-likeness (QED) is 0.669. The van der Waals surface area contributed by atoms with Crippen LogP contribution in [-0.2, 0) is 14.3 Å². The number of carbonyl (C=O) groups is 3. The topological polar surface area (TPSA) is 88.9 Å². The van der Waals surface area contributed by atoms with Crippen molar-refractivity contribution >= 4 is 34.1 Å². The van der Waals surface area contributed by atoms with Gasteiger partial charge >= 0.3 is 6.09 Å². The summed E-state index contributed by atoms with van der Waals surface area (Å²) in [5.74, 6) is -0.251. The second-order valence-corrected chi connectivity index (χ2v) is 9.49. The Balaban J connectivity index is 1.49. The molecule has 1 amide bonds. The number of fused-ring (bicyclic) bond motifs is 1. The van der Waals surface area contributed by atoms with Crippen molar-refractivity contribution in [1.29, 1.82) is 0 Å². The number of amides is 1. The number of ether oxygens (including phenoxy) is 1. The van der Waals surface area contributed by atoms with Gasteiger partial charge in [0.1, 0.15) is 11.4 Å². The minimum atomic E-state index is -0.565. The average Bonchev–Trinajstić information content (AvgIpc) is 2.73. The van der Waals surface area contributed by atoms with Crippen LogP contribution in [0.15, 0.2) is 35.3 Å². The molecule has 8 heteroatoms. The van der Waals surface area contributed by atoms with Gasteiger partial charge in [0.25, 0.3) is 5.56 Å². The van der Waals surface area contributed by atoms with E-state index in [4.69, 9.17) is 4.74 Å². The molecule has 2 fully saturated rings. The SMILES string of the molecule is CC(C)(C)OC(=O)N1CCN(c2ccc3c(=O)n(C4CCC(=O)CC4=O)ccc3c2)CC1. The van der Waals surface area contributed by atoms with Gasteiger partial charge in [-0.3, -0.25) is 14.4 Å². The summed E-state index contributed by atoms with van der Waals surface area (Å²) in [6.07, 6.45) is 1.98. The molecule has 2 heterocycles. The monoisotopic (exact) mass is 439 g/mol. The number of benzene rings is 1. The summed E-state index contributed by atoms with van der Waals surface area (Å²) in [6, 6.07) is 6.95. The van der Waals surface area contributed by atoms with Gasteiger partial charge in [0, 0.05) is 49.9 Å². The van der Waals surface area contributed by atoms with Crippen LogP contribution in [-0.4, -0.2) is 58.9 Å². The zero-order valence-corrected chi connectivity index (χ0v) is 18.8. The summed E-state index contributed by atoms with van der Waals surface area (Å²) in [6.45, 7) is 8.04. The lowest BCUT2D eigenvalue weighted by molar-refractivity contribution is -0.132. The number of aromatic nitrogens is 1. The van der Waals surface area contributed by atoms with Gasteiger partial charge in [-0.25, -0.2) is 4.79 Å². The third kappa shape index (κ3) is 4.54. The van der Waals surface area contributed by atoms with Crippen molar-refractivity contribution in [2.24, 2.45) is 0 Å². The predicted molar refractivity (Wildman–Crippen MR) is 121 cm³/mol. The Morgan fingerprint density at radius 1 is 1.03 bits per heavy atom. The largest absolute Gasteiger partial charge is 0.444 e. The number of hydrogen-bond acceptors (Lipinski definition) is 6. The van der Waals surface area contributed by atoms with Crippen LogP contribution in [0, 0.1) is 0 Å². The Kier molecular flexibility index (Phi) is 5.79. The molecule has 0 spiro atoms. The van der Waals surface area contributed by atoms with Crippen molar-refractivity contribution in [2.45, 2.75) is 51.7 Å². The number of hydrogen-bond donors (Lipinski definition) is 0. The van der Waals surface area contributed by atoms with Crippen LogP contribution in [0.3, 0.4) is 0 Å². The molecule has 1 saturated carbocycles. The summed E-state index contributed by atoms with van der Waals surface area (Å²) in [5.41, 5.74) is 0.256. The number of rotatable bonds is 2. The van der Waals surface area contributed by atoms with E-state index in [1.54, 1.807) is 17.2 Å². The fourth-order valence-electron chi connectivity index (χ4n) is 4.32. The summed E-state index contributed by atoms with van der Waals surface area (Å²) in [7, 11) is 0. The van der Waals surface area contributed by atoms with Gasteiger partial charge < -0.3 is 19.1 Å². The van der Waals surface area contributed by atoms with Crippen molar-refractivity contribution in [3.63, 3.8) is 0 Å². The second kappa shape index (κ2) is 8.41. The molecule has 8 nitrogen and oxygen atoms in total. The van der Waals surface area contributed by atoms with E-state index in [1.165, 1.54) is 4.57 Å². The molecule has 1 aliphatic carbocycles. The third-order valence-electron chi connectivity index (χ3n) is 5.99. The molecule has 4 rings (SSSR count). The van der Waals surface area contributed by atoms with Crippen LogP contribution < -0.4 is 10.5 Å². The molecule has 1 aliphatic heterocycles. The van der Waals surface area contributed by atoms with Gasteiger partial charge in [0.15, 0.2) is 5.78 Å². The first-order valence-electron chi connectivity index (χ1n) is 11.0. The van der Waals surface area contributed by atoms with Crippen LogP contribution >= 0.6 is 0 Å². The van der Waals surface area contributed by atoms with Gasteiger partial charge in [0.05, 0.1) is 12.5 Å². The number of anilines is 1. The molecule has 170 valence electrons. The molecule has 1 unspecified atom stereocenters. The summed E-state index contributed by atoms with van der Waals surface area (Å²) in [4.78, 5) is 53.0. The molecule has 0 N–H and O–H groups in total.